The van der Waals surface area contributed by atoms with Crippen LogP contribution in [0.25, 0.3) is 0 Å². The van der Waals surface area contributed by atoms with Gasteiger partial charge in [0.1, 0.15) is 6.04 Å². The Kier molecular flexibility index (Phi) is 4.29. The molecule has 0 bridgehead atoms. The van der Waals surface area contributed by atoms with Crippen molar-refractivity contribution in [3.63, 3.8) is 0 Å². The molecule has 1 atom stereocenters. The van der Waals surface area contributed by atoms with E-state index in [2.05, 4.69) is 26.5 Å². The number of aryl methyl sites for hydroxylation is 1. The second kappa shape index (κ2) is 6.37. The van der Waals surface area contributed by atoms with Crippen LogP contribution in [0.5, 0.6) is 0 Å². The summed E-state index contributed by atoms with van der Waals surface area (Å²) in [5, 5.41) is 4.47. The van der Waals surface area contributed by atoms with E-state index in [1.54, 1.807) is 6.33 Å². The standard InChI is InChI=1S/C16H21N5O2/c1-4-5-21-8-12(11(2)19-21)7-20-9-14-13(17-10-18-14)6-15(20)16(22)23-3/h4,8,10,15H,1,5-7,9H2,2-3H3,(H,17,18)/t15-/m0/s1. The second-order valence-corrected chi connectivity index (χ2v) is 5.73. The number of carbonyl (C=O) groups is 1. The molecule has 0 aliphatic carbocycles. The number of H-pyrrole nitrogens is 1. The molecule has 0 radical (unpaired) electrons. The molecule has 0 aromatic carbocycles. The van der Waals surface area contributed by atoms with E-state index >= 15 is 0 Å². The molecule has 122 valence electrons. The third kappa shape index (κ3) is 3.05. The molecule has 2 aromatic rings. The topological polar surface area (TPSA) is 76.0 Å². The molecule has 2 aromatic heterocycles. The smallest absolute Gasteiger partial charge is 0.323 e. The predicted octanol–water partition coefficient (Wildman–Crippen LogP) is 1.20. The lowest BCUT2D eigenvalue weighted by Crippen LogP contribution is -2.45. The molecule has 0 spiro atoms. The van der Waals surface area contributed by atoms with E-state index in [1.165, 1.54) is 7.11 Å². The number of fused-ring (bicyclic) bond motifs is 1. The van der Waals surface area contributed by atoms with Crippen molar-refractivity contribution < 1.29 is 9.53 Å². The molecule has 1 aliphatic rings. The zero-order chi connectivity index (χ0) is 16.4. The van der Waals surface area contributed by atoms with Gasteiger partial charge in [-0.3, -0.25) is 14.4 Å². The fourth-order valence-electron chi connectivity index (χ4n) is 2.98. The van der Waals surface area contributed by atoms with Gasteiger partial charge in [-0.1, -0.05) is 6.08 Å². The summed E-state index contributed by atoms with van der Waals surface area (Å²) in [7, 11) is 1.42. The number of hydrogen-bond donors (Lipinski definition) is 1. The van der Waals surface area contributed by atoms with Crippen LogP contribution in [0.3, 0.4) is 0 Å². The van der Waals surface area contributed by atoms with Gasteiger partial charge in [-0.25, -0.2) is 4.98 Å². The number of hydrogen-bond acceptors (Lipinski definition) is 5. The number of ether oxygens (including phenoxy) is 1. The van der Waals surface area contributed by atoms with Gasteiger partial charge in [-0.15, -0.1) is 6.58 Å². The third-order valence-corrected chi connectivity index (χ3v) is 4.21. The minimum absolute atomic E-state index is 0.227. The van der Waals surface area contributed by atoms with Gasteiger partial charge in [0.2, 0.25) is 0 Å². The molecule has 0 saturated heterocycles. The van der Waals surface area contributed by atoms with Gasteiger partial charge in [-0.2, -0.15) is 5.10 Å². The molecular weight excluding hydrogens is 294 g/mol. The highest BCUT2D eigenvalue weighted by Gasteiger charge is 2.34. The average Bonchev–Trinajstić information content (AvgIpc) is 3.12. The molecule has 0 unspecified atom stereocenters. The van der Waals surface area contributed by atoms with Crippen molar-refractivity contribution in [1.82, 2.24) is 24.6 Å². The predicted molar refractivity (Wildman–Crippen MR) is 84.5 cm³/mol. The van der Waals surface area contributed by atoms with Gasteiger partial charge in [-0.05, 0) is 6.92 Å². The van der Waals surface area contributed by atoms with Crippen LogP contribution in [0.2, 0.25) is 0 Å². The number of allylic oxidation sites excluding steroid dienone is 1. The largest absolute Gasteiger partial charge is 0.468 e. The van der Waals surface area contributed by atoms with Crippen LogP contribution >= 0.6 is 0 Å². The van der Waals surface area contributed by atoms with Crippen molar-refractivity contribution in [2.24, 2.45) is 0 Å². The van der Waals surface area contributed by atoms with Crippen molar-refractivity contribution in [3.8, 4) is 0 Å². The summed E-state index contributed by atoms with van der Waals surface area (Å²) in [6.07, 6.45) is 6.06. The maximum Gasteiger partial charge on any atom is 0.323 e. The van der Waals surface area contributed by atoms with E-state index in [4.69, 9.17) is 4.74 Å². The first-order valence-electron chi connectivity index (χ1n) is 7.59. The lowest BCUT2D eigenvalue weighted by molar-refractivity contribution is -0.148. The number of nitrogens with zero attached hydrogens (tertiary/aromatic N) is 4. The normalized spacial score (nSPS) is 17.7. The highest BCUT2D eigenvalue weighted by atomic mass is 16.5. The van der Waals surface area contributed by atoms with Gasteiger partial charge >= 0.3 is 5.97 Å². The molecule has 7 nitrogen and oxygen atoms in total. The average molecular weight is 315 g/mol. The first-order chi connectivity index (χ1) is 11.1. The lowest BCUT2D eigenvalue weighted by Gasteiger charge is -2.32. The zero-order valence-electron chi connectivity index (χ0n) is 13.5. The minimum atomic E-state index is -0.321. The second-order valence-electron chi connectivity index (χ2n) is 5.73. The van der Waals surface area contributed by atoms with Gasteiger partial charge in [0.25, 0.3) is 0 Å². The lowest BCUT2D eigenvalue weighted by atomic mass is 10.0. The fourth-order valence-corrected chi connectivity index (χ4v) is 2.98. The summed E-state index contributed by atoms with van der Waals surface area (Å²) in [6.45, 7) is 7.67. The van der Waals surface area contributed by atoms with E-state index in [1.807, 2.05) is 23.9 Å². The van der Waals surface area contributed by atoms with E-state index in [9.17, 15) is 4.79 Å². The molecule has 1 N–H and O–H groups in total. The first-order valence-corrected chi connectivity index (χ1v) is 7.59. The van der Waals surface area contributed by atoms with Crippen molar-refractivity contribution in [2.45, 2.75) is 39.0 Å². The van der Waals surface area contributed by atoms with Crippen LogP contribution in [0.1, 0.15) is 22.6 Å². The SMILES string of the molecule is C=CCn1cc(CN2Cc3[nH]cnc3C[C@H]2C(=O)OC)c(C)n1. The van der Waals surface area contributed by atoms with Gasteiger partial charge in [0, 0.05) is 31.3 Å². The molecule has 3 heterocycles. The Bertz CT molecular complexity index is 718. The maximum atomic E-state index is 12.2. The summed E-state index contributed by atoms with van der Waals surface area (Å²) in [5.41, 5.74) is 4.06. The Morgan fingerprint density at radius 2 is 2.43 bits per heavy atom. The number of aromatic amines is 1. The van der Waals surface area contributed by atoms with Crippen LogP contribution in [-0.2, 0) is 35.6 Å². The maximum absolute atomic E-state index is 12.2. The van der Waals surface area contributed by atoms with E-state index in [0.717, 1.165) is 22.6 Å². The molecular formula is C16H21N5O2. The molecule has 23 heavy (non-hydrogen) atoms. The highest BCUT2D eigenvalue weighted by Crippen LogP contribution is 2.24. The van der Waals surface area contributed by atoms with Crippen LogP contribution < -0.4 is 0 Å². The molecule has 7 heteroatoms. The molecule has 0 saturated carbocycles. The number of nitrogens with one attached hydrogen (secondary N) is 1. The summed E-state index contributed by atoms with van der Waals surface area (Å²) < 4.78 is 6.83. The minimum Gasteiger partial charge on any atom is -0.468 e. The quantitative estimate of drug-likeness (QED) is 0.663. The van der Waals surface area contributed by atoms with E-state index in [0.29, 0.717) is 26.1 Å². The van der Waals surface area contributed by atoms with E-state index in [-0.39, 0.29) is 12.0 Å². The number of carbonyl (C=O) groups excluding carboxylic acids is 1. The van der Waals surface area contributed by atoms with Crippen LogP contribution in [0.4, 0.5) is 0 Å². The summed E-state index contributed by atoms with van der Waals surface area (Å²) in [6, 6.07) is -0.321. The molecule has 0 amide bonds. The Morgan fingerprint density at radius 1 is 1.61 bits per heavy atom. The number of imidazole rings is 1. The van der Waals surface area contributed by atoms with Gasteiger partial charge in [0.05, 0.1) is 37.1 Å². The number of esters is 1. The van der Waals surface area contributed by atoms with Gasteiger partial charge < -0.3 is 9.72 Å². The van der Waals surface area contributed by atoms with Crippen molar-refractivity contribution >= 4 is 5.97 Å². The summed E-state index contributed by atoms with van der Waals surface area (Å²) >= 11 is 0. The summed E-state index contributed by atoms with van der Waals surface area (Å²) in [5.74, 6) is -0.227. The van der Waals surface area contributed by atoms with E-state index < -0.39 is 0 Å². The number of methoxy groups -OCH3 is 1. The summed E-state index contributed by atoms with van der Waals surface area (Å²) in [4.78, 5) is 21.7. The monoisotopic (exact) mass is 315 g/mol. The Hall–Kier alpha value is -2.41. The number of aromatic nitrogens is 4. The molecule has 3 rings (SSSR count). The molecule has 0 fully saturated rings. The zero-order valence-corrected chi connectivity index (χ0v) is 13.5. The van der Waals surface area contributed by atoms with Crippen LogP contribution in [-0.4, -0.2) is 43.8 Å². The van der Waals surface area contributed by atoms with Crippen LogP contribution in [0, 0.1) is 6.92 Å². The highest BCUT2D eigenvalue weighted by molar-refractivity contribution is 5.76. The van der Waals surface area contributed by atoms with Gasteiger partial charge in [0.15, 0.2) is 0 Å². The van der Waals surface area contributed by atoms with Crippen LogP contribution in [0.15, 0.2) is 25.2 Å². The Labute approximate surface area is 135 Å². The first kappa shape index (κ1) is 15.5. The third-order valence-electron chi connectivity index (χ3n) is 4.21. The van der Waals surface area contributed by atoms with Crippen molar-refractivity contribution in [1.29, 1.82) is 0 Å². The van der Waals surface area contributed by atoms with Crippen molar-refractivity contribution in [2.75, 3.05) is 7.11 Å². The molecule has 1 aliphatic heterocycles. The Morgan fingerprint density at radius 3 is 3.17 bits per heavy atom. The fraction of sp³-hybridized carbons (Fsp3) is 0.438. The number of rotatable bonds is 5. The Balaban J connectivity index is 1.84. The van der Waals surface area contributed by atoms with Crippen molar-refractivity contribution in [3.05, 3.63) is 47.8 Å².